The molecule has 5 unspecified atom stereocenters. The first-order valence-corrected chi connectivity index (χ1v) is 17.0. The number of rotatable bonds is 14. The number of ketones is 1. The van der Waals surface area contributed by atoms with E-state index in [2.05, 4.69) is 31.9 Å². The Bertz CT molecular complexity index is 1070. The zero-order valence-corrected chi connectivity index (χ0v) is 26.1. The number of Topliss-reactive ketones (excluding diaryl/α,β-unsaturated/α-hetero) is 1. The maximum Gasteiger partial charge on any atom is 0.453 e. The fourth-order valence-corrected chi connectivity index (χ4v) is 9.14. The molecule has 238 valence electrons. The molecule has 9 heteroatoms. The number of hydrogen-bond acceptors (Lipinski definition) is 4. The van der Waals surface area contributed by atoms with Gasteiger partial charge in [-0.25, -0.2) is 0 Å². The van der Waals surface area contributed by atoms with Crippen LogP contribution in [0.5, 0.6) is 5.75 Å². The molecule has 42 heavy (non-hydrogen) atoms. The van der Waals surface area contributed by atoms with Crippen LogP contribution in [0.4, 0.5) is 22.0 Å². The molecule has 0 aliphatic heterocycles. The second kappa shape index (κ2) is 13.7. The van der Waals surface area contributed by atoms with Crippen molar-refractivity contribution in [2.45, 2.75) is 102 Å². The van der Waals surface area contributed by atoms with Crippen LogP contribution < -0.4 is 0 Å². The predicted octanol–water partition coefficient (Wildman–Crippen LogP) is 8.88. The maximum atomic E-state index is 13.0. The average molecular weight is 618 g/mol. The Hall–Kier alpha value is -1.35. The topological polar surface area (TPSA) is 40.5 Å². The highest BCUT2D eigenvalue weighted by Crippen LogP contribution is 2.63. The number of phenols is 1. The number of unbranched alkanes of at least 4 members (excludes halogenated alkanes) is 2. The van der Waals surface area contributed by atoms with Crippen LogP contribution in [0.25, 0.3) is 0 Å². The molecule has 1 N–H and O–H groups in total. The number of thioether (sulfide) groups is 1. The molecule has 0 aromatic heterocycles. The minimum atomic E-state index is -5.46. The highest BCUT2D eigenvalue weighted by Gasteiger charge is 2.58. The summed E-state index contributed by atoms with van der Waals surface area (Å²) in [6.45, 7) is 6.35. The zero-order valence-electron chi connectivity index (χ0n) is 25.3. The number of carbonyl (C=O) groups excluding carboxylic acids is 1. The van der Waals surface area contributed by atoms with Crippen molar-refractivity contribution in [3.8, 4) is 5.75 Å². The van der Waals surface area contributed by atoms with Crippen molar-refractivity contribution in [3.63, 3.8) is 0 Å². The number of halogens is 5. The van der Waals surface area contributed by atoms with E-state index in [1.165, 1.54) is 22.9 Å². The van der Waals surface area contributed by atoms with E-state index in [1.54, 1.807) is 0 Å². The summed E-state index contributed by atoms with van der Waals surface area (Å²) in [5, 5.41) is 10.2. The van der Waals surface area contributed by atoms with Crippen LogP contribution in [0.2, 0.25) is 0 Å². The van der Waals surface area contributed by atoms with Gasteiger partial charge in [0.05, 0.1) is 0 Å². The van der Waals surface area contributed by atoms with Gasteiger partial charge in [0.2, 0.25) is 0 Å². The number of fused-ring (bicyclic) bond motifs is 5. The quantitative estimate of drug-likeness (QED) is 0.167. The number of phenolic OH excluding ortho intramolecular Hbond substituents is 1. The van der Waals surface area contributed by atoms with Gasteiger partial charge in [0.15, 0.2) is 0 Å². The lowest BCUT2D eigenvalue weighted by molar-refractivity contribution is -0.284. The molecule has 0 bridgehead atoms. The predicted molar refractivity (Wildman–Crippen MR) is 159 cm³/mol. The Morgan fingerprint density at radius 2 is 1.74 bits per heavy atom. The molecule has 6 atom stereocenters. The standard InChI is InChI=1S/C33H48F5NO2S/c1-22-29(41)21-28-30-23(19-24-20-25(40)10-11-26(24)27(30)12-14-31(22,28)2)9-5-4-6-15-39(3)16-8-18-42-17-7-13-32(34,35)33(36,37)38/h10-11,20,22-23,27-28,30,40H,4-9,12-19,21H2,1-3H3/t22?,23-,27?,28?,30?,31?/m1/s1. The molecule has 4 rings (SSSR count). The third-order valence-corrected chi connectivity index (χ3v) is 12.0. The molecule has 0 saturated heterocycles. The van der Waals surface area contributed by atoms with Gasteiger partial charge in [-0.15, -0.1) is 0 Å². The monoisotopic (exact) mass is 617 g/mol. The van der Waals surface area contributed by atoms with Gasteiger partial charge >= 0.3 is 12.1 Å². The minimum Gasteiger partial charge on any atom is -0.508 e. The third-order valence-electron chi connectivity index (χ3n) is 10.9. The lowest BCUT2D eigenvalue weighted by Crippen LogP contribution is -2.45. The molecule has 3 nitrogen and oxygen atoms in total. The summed E-state index contributed by atoms with van der Waals surface area (Å²) in [6.07, 6.45) is 2.54. The molecule has 0 amide bonds. The highest BCUT2D eigenvalue weighted by molar-refractivity contribution is 7.99. The average Bonchev–Trinajstić information content (AvgIpc) is 3.15. The Morgan fingerprint density at radius 3 is 2.48 bits per heavy atom. The first-order valence-electron chi connectivity index (χ1n) is 15.8. The highest BCUT2D eigenvalue weighted by atomic mass is 32.2. The van der Waals surface area contributed by atoms with E-state index in [9.17, 15) is 31.9 Å². The van der Waals surface area contributed by atoms with Crippen LogP contribution in [0.15, 0.2) is 18.2 Å². The van der Waals surface area contributed by atoms with E-state index in [-0.39, 0.29) is 17.8 Å². The minimum absolute atomic E-state index is 0.0973. The number of nitrogens with zero attached hydrogens (tertiary/aromatic N) is 1. The molecule has 3 aliphatic rings. The van der Waals surface area contributed by atoms with Crippen molar-refractivity contribution >= 4 is 17.5 Å². The van der Waals surface area contributed by atoms with E-state index in [0.29, 0.717) is 47.4 Å². The molecule has 2 fully saturated rings. The zero-order chi connectivity index (χ0) is 30.7. The Morgan fingerprint density at radius 1 is 1.02 bits per heavy atom. The van der Waals surface area contributed by atoms with E-state index in [4.69, 9.17) is 0 Å². The summed E-state index contributed by atoms with van der Waals surface area (Å²) < 4.78 is 62.6. The molecular formula is C33H48F5NO2S. The van der Waals surface area contributed by atoms with Crippen LogP contribution in [0, 0.1) is 29.1 Å². The lowest BCUT2D eigenvalue weighted by atomic mass is 9.51. The number of benzene rings is 1. The van der Waals surface area contributed by atoms with Crippen molar-refractivity contribution in [3.05, 3.63) is 29.3 Å². The molecule has 0 heterocycles. The van der Waals surface area contributed by atoms with Gasteiger partial charge < -0.3 is 10.0 Å². The largest absolute Gasteiger partial charge is 0.508 e. The smallest absolute Gasteiger partial charge is 0.453 e. The van der Waals surface area contributed by atoms with Crippen LogP contribution >= 0.6 is 11.8 Å². The van der Waals surface area contributed by atoms with Crippen LogP contribution in [-0.4, -0.2) is 59.5 Å². The van der Waals surface area contributed by atoms with Gasteiger partial charge in [-0.3, -0.25) is 4.79 Å². The summed E-state index contributed by atoms with van der Waals surface area (Å²) >= 11 is 1.44. The molecule has 0 spiro atoms. The Kier molecular flexibility index (Phi) is 11.0. The fraction of sp³-hybridized carbons (Fsp3) is 0.788. The second-order valence-electron chi connectivity index (χ2n) is 13.5. The van der Waals surface area contributed by atoms with Crippen LogP contribution in [0.1, 0.15) is 95.1 Å². The Balaban J connectivity index is 1.18. The molecule has 0 radical (unpaired) electrons. The molecule has 2 saturated carbocycles. The third kappa shape index (κ3) is 7.47. The van der Waals surface area contributed by atoms with Crippen molar-refractivity contribution in [2.24, 2.45) is 29.1 Å². The number of alkyl halides is 5. The van der Waals surface area contributed by atoms with Gasteiger partial charge in [0.25, 0.3) is 0 Å². The first-order chi connectivity index (χ1) is 19.7. The Labute approximate surface area is 252 Å². The van der Waals surface area contributed by atoms with Crippen molar-refractivity contribution in [2.75, 3.05) is 31.6 Å². The van der Waals surface area contributed by atoms with Crippen LogP contribution in [-0.2, 0) is 11.2 Å². The van der Waals surface area contributed by atoms with Crippen molar-refractivity contribution < 1.29 is 31.9 Å². The van der Waals surface area contributed by atoms with Crippen molar-refractivity contribution in [1.82, 2.24) is 4.90 Å². The molecule has 3 aliphatic carbocycles. The van der Waals surface area contributed by atoms with Gasteiger partial charge in [0.1, 0.15) is 11.5 Å². The summed E-state index contributed by atoms with van der Waals surface area (Å²) in [5.41, 5.74) is 2.77. The van der Waals surface area contributed by atoms with E-state index < -0.39 is 18.5 Å². The fourth-order valence-electron chi connectivity index (χ4n) is 8.25. The van der Waals surface area contributed by atoms with Crippen molar-refractivity contribution in [1.29, 1.82) is 0 Å². The van der Waals surface area contributed by atoms with Crippen LogP contribution in [0.3, 0.4) is 0 Å². The van der Waals surface area contributed by atoms with E-state index in [0.717, 1.165) is 70.2 Å². The van der Waals surface area contributed by atoms with E-state index in [1.807, 2.05) is 12.1 Å². The first kappa shape index (κ1) is 33.5. The van der Waals surface area contributed by atoms with Gasteiger partial charge in [-0.05, 0) is 129 Å². The summed E-state index contributed by atoms with van der Waals surface area (Å²) in [4.78, 5) is 15.2. The van der Waals surface area contributed by atoms with Gasteiger partial charge in [-0.2, -0.15) is 33.7 Å². The maximum absolute atomic E-state index is 13.0. The van der Waals surface area contributed by atoms with E-state index >= 15 is 0 Å². The number of hydrogen-bond donors (Lipinski definition) is 1. The lowest BCUT2D eigenvalue weighted by Gasteiger charge is -2.53. The van der Waals surface area contributed by atoms with Gasteiger partial charge in [-0.1, -0.05) is 32.8 Å². The van der Waals surface area contributed by atoms with Gasteiger partial charge in [0, 0.05) is 18.8 Å². The normalized spacial score (nSPS) is 29.5. The summed E-state index contributed by atoms with van der Waals surface area (Å²) in [6, 6.07) is 5.91. The molecular weight excluding hydrogens is 569 g/mol. The number of aromatic hydroxyl groups is 1. The molecule has 1 aromatic carbocycles. The number of carbonyl (C=O) groups is 1. The SMILES string of the molecule is CC1C(=O)CC2C3C(CCC12C)c1ccc(O)cc1C[C@H]3CCCCCN(C)CCCSCCCC(F)(F)C(F)(F)F. The summed E-state index contributed by atoms with van der Waals surface area (Å²) in [5.74, 6) is -0.656. The second-order valence-corrected chi connectivity index (χ2v) is 14.7. The summed E-state index contributed by atoms with van der Waals surface area (Å²) in [7, 11) is 2.07. The molecule has 1 aromatic rings.